The molecule has 0 radical (unpaired) electrons. The summed E-state index contributed by atoms with van der Waals surface area (Å²) in [6.45, 7) is 1.85. The maximum absolute atomic E-state index is 13.5. The fourth-order valence-corrected chi connectivity index (χ4v) is 3.67. The number of ether oxygens (including phenoxy) is 1. The van der Waals surface area contributed by atoms with Crippen molar-refractivity contribution in [3.8, 4) is 17.1 Å². The van der Waals surface area contributed by atoms with E-state index in [1.165, 1.54) is 23.5 Å². The van der Waals surface area contributed by atoms with Crippen LogP contribution in [0.15, 0.2) is 46.9 Å². The zero-order chi connectivity index (χ0) is 19.3. The molecule has 0 atom stereocenters. The summed E-state index contributed by atoms with van der Waals surface area (Å²) < 4.78 is 19.3. The molecule has 0 unspecified atom stereocenters. The van der Waals surface area contributed by atoms with Crippen molar-refractivity contribution in [1.29, 1.82) is 0 Å². The van der Waals surface area contributed by atoms with Crippen LogP contribution >= 0.6 is 22.9 Å². The monoisotopic (exact) mass is 417 g/mol. The molecule has 144 valence electrons. The van der Waals surface area contributed by atoms with Crippen LogP contribution in [0, 0.1) is 5.82 Å². The average molecular weight is 418 g/mol. The highest BCUT2D eigenvalue weighted by molar-refractivity contribution is 7.14. The molecule has 1 aromatic carbocycles. The lowest BCUT2D eigenvalue weighted by molar-refractivity contribution is 0.294. The van der Waals surface area contributed by atoms with E-state index in [-0.39, 0.29) is 6.61 Å². The van der Waals surface area contributed by atoms with Crippen molar-refractivity contribution in [2.75, 3.05) is 18.4 Å². The van der Waals surface area contributed by atoms with Gasteiger partial charge in [-0.15, -0.1) is 11.3 Å². The first-order chi connectivity index (χ1) is 13.7. The smallest absolute Gasteiger partial charge is 0.223 e. The van der Waals surface area contributed by atoms with Crippen molar-refractivity contribution >= 4 is 34.0 Å². The van der Waals surface area contributed by atoms with Crippen molar-refractivity contribution in [1.82, 2.24) is 15.3 Å². The minimum atomic E-state index is -0.401. The van der Waals surface area contributed by atoms with Crippen molar-refractivity contribution in [2.24, 2.45) is 4.99 Å². The highest BCUT2D eigenvalue weighted by Gasteiger charge is 2.13. The third-order valence-corrected chi connectivity index (χ3v) is 4.95. The molecule has 0 aliphatic carbocycles. The number of pyridine rings is 1. The molecule has 1 aliphatic heterocycles. The molecule has 1 aliphatic rings. The van der Waals surface area contributed by atoms with Crippen molar-refractivity contribution in [2.45, 2.75) is 13.0 Å². The van der Waals surface area contributed by atoms with E-state index >= 15 is 0 Å². The summed E-state index contributed by atoms with van der Waals surface area (Å²) >= 11 is 7.37. The van der Waals surface area contributed by atoms with Crippen molar-refractivity contribution in [3.05, 3.63) is 58.3 Å². The number of nitrogens with zero attached hydrogens (tertiary/aromatic N) is 3. The van der Waals surface area contributed by atoms with E-state index in [0.717, 1.165) is 41.9 Å². The van der Waals surface area contributed by atoms with Crippen LogP contribution in [0.3, 0.4) is 0 Å². The van der Waals surface area contributed by atoms with Crippen LogP contribution in [0.1, 0.15) is 12.0 Å². The largest absolute Gasteiger partial charge is 0.472 e. The van der Waals surface area contributed by atoms with Crippen molar-refractivity contribution < 1.29 is 9.13 Å². The number of anilines is 1. The number of aromatic nitrogens is 2. The van der Waals surface area contributed by atoms with Crippen LogP contribution < -0.4 is 15.4 Å². The highest BCUT2D eigenvalue weighted by atomic mass is 35.5. The number of guanidine groups is 1. The van der Waals surface area contributed by atoms with E-state index in [9.17, 15) is 4.39 Å². The van der Waals surface area contributed by atoms with Crippen LogP contribution in [0.2, 0.25) is 5.02 Å². The molecule has 3 heterocycles. The summed E-state index contributed by atoms with van der Waals surface area (Å²) in [5, 5.41) is 9.38. The number of halogens is 2. The number of nitrogens with one attached hydrogen (secondary N) is 2. The zero-order valence-electron chi connectivity index (χ0n) is 14.8. The summed E-state index contributed by atoms with van der Waals surface area (Å²) in [5.74, 6) is 0.757. The number of benzene rings is 1. The normalized spacial score (nSPS) is 13.6. The van der Waals surface area contributed by atoms with Gasteiger partial charge in [-0.25, -0.2) is 14.4 Å². The van der Waals surface area contributed by atoms with Crippen molar-refractivity contribution in [3.63, 3.8) is 0 Å². The molecule has 0 bridgehead atoms. The maximum Gasteiger partial charge on any atom is 0.223 e. The Morgan fingerprint density at radius 3 is 3.07 bits per heavy atom. The fourth-order valence-electron chi connectivity index (χ4n) is 2.72. The van der Waals surface area contributed by atoms with Gasteiger partial charge in [-0.3, -0.25) is 4.99 Å². The van der Waals surface area contributed by atoms with Gasteiger partial charge in [-0.2, -0.15) is 0 Å². The average Bonchev–Trinajstić information content (AvgIpc) is 3.15. The summed E-state index contributed by atoms with van der Waals surface area (Å²) in [4.78, 5) is 13.3. The second-order valence-electron chi connectivity index (χ2n) is 6.10. The molecule has 0 fully saturated rings. The molecule has 2 N–H and O–H groups in total. The second kappa shape index (κ2) is 8.53. The highest BCUT2D eigenvalue weighted by Crippen LogP contribution is 2.31. The molecule has 9 heteroatoms. The minimum Gasteiger partial charge on any atom is -0.472 e. The molecular formula is C19H17ClFN5OS. The number of aliphatic imine (C=N–C) groups is 1. The molecule has 0 saturated carbocycles. The number of hydrogen-bond donors (Lipinski definition) is 2. The Hall–Kier alpha value is -2.71. The van der Waals surface area contributed by atoms with Gasteiger partial charge in [0.15, 0.2) is 11.1 Å². The molecule has 3 aromatic rings. The Morgan fingerprint density at radius 1 is 1.32 bits per heavy atom. The van der Waals surface area contributed by atoms with E-state index in [1.54, 1.807) is 12.3 Å². The summed E-state index contributed by atoms with van der Waals surface area (Å²) in [5.41, 5.74) is 2.13. The third-order valence-electron chi connectivity index (χ3n) is 3.97. The van der Waals surface area contributed by atoms with E-state index in [4.69, 9.17) is 16.3 Å². The first kappa shape index (κ1) is 18.6. The zero-order valence-corrected chi connectivity index (χ0v) is 16.4. The molecule has 0 amide bonds. The van der Waals surface area contributed by atoms with Gasteiger partial charge in [0.05, 0.1) is 11.3 Å². The quantitative estimate of drug-likeness (QED) is 0.646. The van der Waals surface area contributed by atoms with Crippen LogP contribution in [-0.2, 0) is 6.61 Å². The number of thiazole rings is 1. The van der Waals surface area contributed by atoms with Gasteiger partial charge in [-0.1, -0.05) is 11.6 Å². The maximum atomic E-state index is 13.5. The molecule has 6 nitrogen and oxygen atoms in total. The molecule has 0 spiro atoms. The Bertz CT molecular complexity index is 989. The lowest BCUT2D eigenvalue weighted by Gasteiger charge is -2.14. The fraction of sp³-hybridized carbons (Fsp3) is 0.211. The van der Waals surface area contributed by atoms with Crippen LogP contribution in [0.4, 0.5) is 9.52 Å². The molecule has 0 saturated heterocycles. The van der Waals surface area contributed by atoms with Crippen LogP contribution in [0.5, 0.6) is 5.88 Å². The van der Waals surface area contributed by atoms with E-state index in [2.05, 4.69) is 25.6 Å². The summed E-state index contributed by atoms with van der Waals surface area (Å²) in [6, 6.07) is 8.01. The lowest BCUT2D eigenvalue weighted by Crippen LogP contribution is -2.35. The Morgan fingerprint density at radius 2 is 2.25 bits per heavy atom. The van der Waals surface area contributed by atoms with E-state index in [0.29, 0.717) is 16.5 Å². The third kappa shape index (κ3) is 4.58. The standard InChI is InChI=1S/C19H17ClFN5OS/c20-13-7-12(8-14(21)9-13)10-27-17-15(3-1-4-22-17)16-11-28-19(25-16)26-18-23-5-2-6-24-18/h1,3-4,7-9,11H,2,5-6,10H2,(H2,23,24,25,26). The van der Waals surface area contributed by atoms with E-state index in [1.807, 2.05) is 17.5 Å². The molecular weight excluding hydrogens is 401 g/mol. The topological polar surface area (TPSA) is 71.4 Å². The molecule has 4 rings (SSSR count). The SMILES string of the molecule is Fc1cc(Cl)cc(COc2ncccc2-c2csc(NC3=NCCCN3)n2)c1. The lowest BCUT2D eigenvalue weighted by atomic mass is 10.2. The Balaban J connectivity index is 1.50. The second-order valence-corrected chi connectivity index (χ2v) is 7.39. The summed E-state index contributed by atoms with van der Waals surface area (Å²) in [7, 11) is 0. The number of rotatable bonds is 5. The van der Waals surface area contributed by atoms with Crippen LogP contribution in [0.25, 0.3) is 11.3 Å². The van der Waals surface area contributed by atoms with Gasteiger partial charge < -0.3 is 15.4 Å². The number of hydrogen-bond acceptors (Lipinski definition) is 7. The van der Waals surface area contributed by atoms with Gasteiger partial charge in [0.2, 0.25) is 5.88 Å². The van der Waals surface area contributed by atoms with Gasteiger partial charge in [-0.05, 0) is 42.3 Å². The van der Waals surface area contributed by atoms with Gasteiger partial charge in [0.1, 0.15) is 12.4 Å². The molecule has 2 aromatic heterocycles. The van der Waals surface area contributed by atoms with E-state index < -0.39 is 5.82 Å². The molecule has 28 heavy (non-hydrogen) atoms. The van der Waals surface area contributed by atoms with Gasteiger partial charge >= 0.3 is 0 Å². The van der Waals surface area contributed by atoms with Crippen LogP contribution in [-0.4, -0.2) is 29.0 Å². The first-order valence-corrected chi connectivity index (χ1v) is 9.97. The van der Waals surface area contributed by atoms with Gasteiger partial charge in [0.25, 0.3) is 0 Å². The Labute approximate surface area is 170 Å². The Kier molecular flexibility index (Phi) is 5.68. The van der Waals surface area contributed by atoms with Gasteiger partial charge in [0, 0.05) is 29.7 Å². The minimum absolute atomic E-state index is 0.150. The predicted octanol–water partition coefficient (Wildman–Crippen LogP) is 4.34. The first-order valence-electron chi connectivity index (χ1n) is 8.71. The summed E-state index contributed by atoms with van der Waals surface area (Å²) in [6.07, 6.45) is 2.67. The predicted molar refractivity (Wildman–Crippen MR) is 110 cm³/mol.